The second-order valence-electron chi connectivity index (χ2n) is 4.72. The number of carbonyl (C=O) groups is 1. The normalized spacial score (nSPS) is 21.8. The Labute approximate surface area is 105 Å². The Hall–Kier alpha value is -1.75. The van der Waals surface area contributed by atoms with Crippen molar-refractivity contribution < 1.29 is 14.3 Å². The maximum absolute atomic E-state index is 11.3. The van der Waals surface area contributed by atoms with Gasteiger partial charge in [0.2, 0.25) is 5.91 Å². The van der Waals surface area contributed by atoms with Crippen LogP contribution in [0.4, 0.5) is 11.4 Å². The van der Waals surface area contributed by atoms with E-state index in [0.29, 0.717) is 24.5 Å². The molecule has 1 aromatic carbocycles. The van der Waals surface area contributed by atoms with Gasteiger partial charge < -0.3 is 20.5 Å². The summed E-state index contributed by atoms with van der Waals surface area (Å²) in [6.07, 6.45) is 2.67. The molecule has 3 rings (SSSR count). The number of amides is 1. The summed E-state index contributed by atoms with van der Waals surface area (Å²) in [5.74, 6) is 0.618. The quantitative estimate of drug-likeness (QED) is 0.791. The molecule has 5 nitrogen and oxygen atoms in total. The third kappa shape index (κ3) is 2.13. The first-order valence-electron chi connectivity index (χ1n) is 6.19. The lowest BCUT2D eigenvalue weighted by molar-refractivity contribution is -0.115. The van der Waals surface area contributed by atoms with Gasteiger partial charge in [0, 0.05) is 18.4 Å². The van der Waals surface area contributed by atoms with Crippen LogP contribution >= 0.6 is 0 Å². The smallest absolute Gasteiger partial charge is 0.228 e. The number of hydrogen-bond acceptors (Lipinski definition) is 4. The predicted molar refractivity (Wildman–Crippen MR) is 67.7 cm³/mol. The number of anilines is 2. The summed E-state index contributed by atoms with van der Waals surface area (Å²) in [5, 5.41) is 2.79. The van der Waals surface area contributed by atoms with E-state index >= 15 is 0 Å². The highest BCUT2D eigenvalue weighted by atomic mass is 16.5. The van der Waals surface area contributed by atoms with E-state index in [2.05, 4.69) is 5.32 Å². The fourth-order valence-corrected chi connectivity index (χ4v) is 2.36. The SMILES string of the molecule is Nc1cc2c(cc1OCC1CCCO1)NC(=O)C2. The van der Waals surface area contributed by atoms with E-state index in [9.17, 15) is 4.79 Å². The van der Waals surface area contributed by atoms with Crippen LogP contribution in [0.1, 0.15) is 18.4 Å². The van der Waals surface area contributed by atoms with Crippen molar-refractivity contribution in [3.63, 3.8) is 0 Å². The van der Waals surface area contributed by atoms with Gasteiger partial charge in [-0.3, -0.25) is 4.79 Å². The first-order chi connectivity index (χ1) is 8.72. The van der Waals surface area contributed by atoms with Gasteiger partial charge in [-0.1, -0.05) is 0 Å². The lowest BCUT2D eigenvalue weighted by Gasteiger charge is -2.14. The zero-order valence-electron chi connectivity index (χ0n) is 10.1. The maximum Gasteiger partial charge on any atom is 0.228 e. The molecule has 18 heavy (non-hydrogen) atoms. The van der Waals surface area contributed by atoms with Gasteiger partial charge in [0.1, 0.15) is 12.4 Å². The molecule has 5 heteroatoms. The highest BCUT2D eigenvalue weighted by molar-refractivity contribution is 6.00. The van der Waals surface area contributed by atoms with Crippen molar-refractivity contribution in [2.45, 2.75) is 25.4 Å². The van der Waals surface area contributed by atoms with Gasteiger partial charge in [0.15, 0.2) is 0 Å². The summed E-state index contributed by atoms with van der Waals surface area (Å²) in [6, 6.07) is 3.60. The summed E-state index contributed by atoms with van der Waals surface area (Å²) >= 11 is 0. The molecule has 0 spiro atoms. The van der Waals surface area contributed by atoms with Crippen LogP contribution in [0.3, 0.4) is 0 Å². The zero-order valence-corrected chi connectivity index (χ0v) is 10.1. The molecule has 2 aliphatic rings. The molecule has 0 radical (unpaired) electrons. The van der Waals surface area contributed by atoms with Crippen LogP contribution < -0.4 is 15.8 Å². The Balaban J connectivity index is 1.72. The van der Waals surface area contributed by atoms with Crippen molar-refractivity contribution in [1.29, 1.82) is 0 Å². The number of hydrogen-bond donors (Lipinski definition) is 2. The number of ether oxygens (including phenoxy) is 2. The standard InChI is InChI=1S/C13H16N2O3/c14-10-4-8-5-13(16)15-11(8)6-12(10)18-7-9-2-1-3-17-9/h4,6,9H,1-3,5,7,14H2,(H,15,16). The van der Waals surface area contributed by atoms with Crippen LogP contribution in [0.25, 0.3) is 0 Å². The number of carbonyl (C=O) groups excluding carboxylic acids is 1. The molecule has 1 fully saturated rings. The van der Waals surface area contributed by atoms with E-state index in [-0.39, 0.29) is 12.0 Å². The Bertz CT molecular complexity index is 481. The van der Waals surface area contributed by atoms with Crippen LogP contribution in [0.2, 0.25) is 0 Å². The number of benzene rings is 1. The van der Waals surface area contributed by atoms with Crippen LogP contribution in [0, 0.1) is 0 Å². The minimum absolute atomic E-state index is 0.000626. The van der Waals surface area contributed by atoms with Crippen molar-refractivity contribution in [2.24, 2.45) is 0 Å². The fourth-order valence-electron chi connectivity index (χ4n) is 2.36. The minimum atomic E-state index is 0.000626. The second-order valence-corrected chi connectivity index (χ2v) is 4.72. The van der Waals surface area contributed by atoms with Crippen LogP contribution in [0.5, 0.6) is 5.75 Å². The molecular weight excluding hydrogens is 232 g/mol. The Morgan fingerprint density at radius 3 is 3.17 bits per heavy atom. The molecule has 0 aromatic heterocycles. The molecule has 0 bridgehead atoms. The van der Waals surface area contributed by atoms with E-state index in [1.54, 1.807) is 12.1 Å². The summed E-state index contributed by atoms with van der Waals surface area (Å²) in [4.78, 5) is 11.3. The van der Waals surface area contributed by atoms with Crippen LogP contribution in [-0.4, -0.2) is 25.2 Å². The maximum atomic E-state index is 11.3. The third-order valence-electron chi connectivity index (χ3n) is 3.31. The molecule has 2 heterocycles. The van der Waals surface area contributed by atoms with Gasteiger partial charge in [-0.25, -0.2) is 0 Å². The van der Waals surface area contributed by atoms with E-state index in [1.165, 1.54) is 0 Å². The molecule has 96 valence electrons. The largest absolute Gasteiger partial charge is 0.489 e. The third-order valence-corrected chi connectivity index (χ3v) is 3.31. The van der Waals surface area contributed by atoms with Crippen molar-refractivity contribution in [3.8, 4) is 5.75 Å². The van der Waals surface area contributed by atoms with Crippen molar-refractivity contribution in [1.82, 2.24) is 0 Å². The molecule has 1 unspecified atom stereocenters. The highest BCUT2D eigenvalue weighted by Gasteiger charge is 2.21. The summed E-state index contributed by atoms with van der Waals surface area (Å²) in [6.45, 7) is 1.32. The molecule has 1 aromatic rings. The number of nitrogens with one attached hydrogen (secondary N) is 1. The summed E-state index contributed by atoms with van der Waals surface area (Å²) < 4.78 is 11.2. The lowest BCUT2D eigenvalue weighted by atomic mass is 10.1. The Morgan fingerprint density at radius 2 is 2.39 bits per heavy atom. The number of fused-ring (bicyclic) bond motifs is 1. The summed E-state index contributed by atoms with van der Waals surface area (Å²) in [5.41, 5.74) is 8.23. The molecule has 0 aliphatic carbocycles. The molecule has 1 atom stereocenters. The second kappa shape index (κ2) is 4.49. The monoisotopic (exact) mass is 248 g/mol. The molecule has 2 aliphatic heterocycles. The first kappa shape index (κ1) is 11.3. The van der Waals surface area contributed by atoms with Gasteiger partial charge in [-0.05, 0) is 24.5 Å². The zero-order chi connectivity index (χ0) is 12.5. The average molecular weight is 248 g/mol. The topological polar surface area (TPSA) is 73.6 Å². The van der Waals surface area contributed by atoms with E-state index in [0.717, 1.165) is 30.7 Å². The van der Waals surface area contributed by atoms with Crippen LogP contribution in [-0.2, 0) is 16.0 Å². The Morgan fingerprint density at radius 1 is 1.50 bits per heavy atom. The number of nitrogens with two attached hydrogens (primary N) is 1. The molecule has 1 saturated heterocycles. The fraction of sp³-hybridized carbons (Fsp3) is 0.462. The lowest BCUT2D eigenvalue weighted by Crippen LogP contribution is -2.16. The van der Waals surface area contributed by atoms with E-state index in [1.807, 2.05) is 0 Å². The van der Waals surface area contributed by atoms with Gasteiger partial charge in [-0.15, -0.1) is 0 Å². The number of nitrogen functional groups attached to an aromatic ring is 1. The van der Waals surface area contributed by atoms with Gasteiger partial charge in [0.25, 0.3) is 0 Å². The Kier molecular flexibility index (Phi) is 2.83. The molecule has 0 saturated carbocycles. The summed E-state index contributed by atoms with van der Waals surface area (Å²) in [7, 11) is 0. The van der Waals surface area contributed by atoms with Crippen molar-refractivity contribution in [2.75, 3.05) is 24.3 Å². The van der Waals surface area contributed by atoms with E-state index in [4.69, 9.17) is 15.2 Å². The minimum Gasteiger partial charge on any atom is -0.489 e. The molecular formula is C13H16N2O3. The first-order valence-corrected chi connectivity index (χ1v) is 6.19. The van der Waals surface area contributed by atoms with Crippen LogP contribution in [0.15, 0.2) is 12.1 Å². The van der Waals surface area contributed by atoms with Gasteiger partial charge in [0.05, 0.1) is 18.2 Å². The molecule has 3 N–H and O–H groups in total. The number of rotatable bonds is 3. The van der Waals surface area contributed by atoms with Crippen molar-refractivity contribution >= 4 is 17.3 Å². The highest BCUT2D eigenvalue weighted by Crippen LogP contribution is 2.33. The van der Waals surface area contributed by atoms with Gasteiger partial charge >= 0.3 is 0 Å². The molecule has 1 amide bonds. The van der Waals surface area contributed by atoms with Crippen molar-refractivity contribution in [3.05, 3.63) is 17.7 Å². The average Bonchev–Trinajstić information content (AvgIpc) is 2.94. The predicted octanol–water partition coefficient (Wildman–Crippen LogP) is 1.32. The van der Waals surface area contributed by atoms with Gasteiger partial charge in [-0.2, -0.15) is 0 Å². The van der Waals surface area contributed by atoms with E-state index < -0.39 is 0 Å².